The molecule has 2 saturated heterocycles. The maximum Gasteiger partial charge on any atom is 0.254 e. The number of thiophene rings is 1. The molecule has 2 aliphatic rings. The molecule has 1 spiro atoms. The van der Waals surface area contributed by atoms with Crippen LogP contribution in [0.25, 0.3) is 0 Å². The van der Waals surface area contributed by atoms with Gasteiger partial charge >= 0.3 is 0 Å². The molecule has 7 nitrogen and oxygen atoms in total. The number of rotatable bonds is 2. The smallest absolute Gasteiger partial charge is 0.254 e. The van der Waals surface area contributed by atoms with Crippen LogP contribution in [0, 0.1) is 5.41 Å². The molecule has 0 aliphatic carbocycles. The van der Waals surface area contributed by atoms with Gasteiger partial charge in [-0.1, -0.05) is 13.3 Å². The van der Waals surface area contributed by atoms with E-state index in [1.165, 1.54) is 4.88 Å². The molecule has 1 aromatic heterocycles. The summed E-state index contributed by atoms with van der Waals surface area (Å²) in [7, 11) is 0. The van der Waals surface area contributed by atoms with Crippen LogP contribution < -0.4 is 10.6 Å². The summed E-state index contributed by atoms with van der Waals surface area (Å²) in [6.07, 6.45) is 4.66. The van der Waals surface area contributed by atoms with Crippen molar-refractivity contribution in [1.29, 1.82) is 0 Å². The highest BCUT2D eigenvalue weighted by Crippen LogP contribution is 2.38. The molecule has 2 N–H and O–H groups in total. The lowest BCUT2D eigenvalue weighted by Crippen LogP contribution is -2.55. The molecule has 0 bridgehead atoms. The van der Waals surface area contributed by atoms with E-state index in [1.807, 2.05) is 23.3 Å². The van der Waals surface area contributed by atoms with Crippen LogP contribution in [-0.2, 0) is 20.7 Å². The van der Waals surface area contributed by atoms with Gasteiger partial charge in [-0.3, -0.25) is 14.4 Å². The molecule has 0 radical (unpaired) electrons. The highest BCUT2D eigenvalue weighted by molar-refractivity contribution is 7.10. The number of nitrogens with one attached hydrogen (secondary N) is 2. The number of piperidine rings is 1. The van der Waals surface area contributed by atoms with Gasteiger partial charge in [0.2, 0.25) is 11.8 Å². The molecule has 2 atom stereocenters. The quantitative estimate of drug-likeness (QED) is 0.727. The lowest BCUT2D eigenvalue weighted by molar-refractivity contribution is -0.137. The van der Waals surface area contributed by atoms with Crippen LogP contribution in [-0.4, -0.2) is 61.0 Å². The Hall–Kier alpha value is -1.93. The van der Waals surface area contributed by atoms with Gasteiger partial charge in [-0.25, -0.2) is 0 Å². The summed E-state index contributed by atoms with van der Waals surface area (Å²) in [5, 5.41) is 7.77. The van der Waals surface area contributed by atoms with Crippen molar-refractivity contribution in [3.05, 3.63) is 21.9 Å². The molecule has 0 unspecified atom stereocenters. The fourth-order valence-electron chi connectivity index (χ4n) is 4.34. The molecule has 3 heterocycles. The highest BCUT2D eigenvalue weighted by atomic mass is 32.1. The average molecular weight is 450 g/mol. The van der Waals surface area contributed by atoms with Gasteiger partial charge in [-0.2, -0.15) is 0 Å². The molecule has 172 valence electrons. The molecule has 2 aliphatic heterocycles. The minimum absolute atomic E-state index is 0.0472. The summed E-state index contributed by atoms with van der Waals surface area (Å²) >= 11 is 1.62. The fraction of sp³-hybridized carbons (Fsp3) is 0.696. The Morgan fingerprint density at radius 3 is 2.61 bits per heavy atom. The summed E-state index contributed by atoms with van der Waals surface area (Å²) in [6.45, 7) is 7.90. The second-order valence-corrected chi connectivity index (χ2v) is 9.86. The van der Waals surface area contributed by atoms with Crippen LogP contribution in [0.1, 0.15) is 68.1 Å². The predicted molar refractivity (Wildman–Crippen MR) is 121 cm³/mol. The van der Waals surface area contributed by atoms with Crippen molar-refractivity contribution in [2.24, 2.45) is 5.41 Å². The van der Waals surface area contributed by atoms with Crippen molar-refractivity contribution in [2.45, 2.75) is 71.4 Å². The van der Waals surface area contributed by atoms with Crippen molar-refractivity contribution in [3.63, 3.8) is 0 Å². The van der Waals surface area contributed by atoms with Gasteiger partial charge in [0.05, 0.1) is 17.6 Å². The minimum atomic E-state index is -0.606. The number of hydrogen-bond acceptors (Lipinski definition) is 5. The number of likely N-dealkylation sites (tertiary alicyclic amines) is 1. The Labute approximate surface area is 188 Å². The summed E-state index contributed by atoms with van der Waals surface area (Å²) in [6, 6.07) is 1.27. The van der Waals surface area contributed by atoms with Crippen LogP contribution in [0.2, 0.25) is 0 Å². The Bertz CT molecular complexity index is 786. The maximum atomic E-state index is 13.3. The second-order valence-electron chi connectivity index (χ2n) is 8.86. The molecular formula is C23H35N3O4S. The van der Waals surface area contributed by atoms with Crippen molar-refractivity contribution in [3.8, 4) is 0 Å². The van der Waals surface area contributed by atoms with Gasteiger partial charge in [-0.05, 0) is 52.0 Å². The van der Waals surface area contributed by atoms with Crippen molar-refractivity contribution in [1.82, 2.24) is 15.5 Å². The van der Waals surface area contributed by atoms with Gasteiger partial charge in [0, 0.05) is 36.0 Å². The van der Waals surface area contributed by atoms with E-state index in [2.05, 4.69) is 17.6 Å². The molecule has 2 fully saturated rings. The Morgan fingerprint density at radius 2 is 1.94 bits per heavy atom. The third kappa shape index (κ3) is 5.86. The van der Waals surface area contributed by atoms with Crippen molar-refractivity contribution in [2.75, 3.05) is 26.3 Å². The summed E-state index contributed by atoms with van der Waals surface area (Å²) < 4.78 is 5.68. The Balaban J connectivity index is 1.68. The SMILES string of the molecule is CCc1cc(C(=O)N2CCC3(CCCCOC[C@H](C)NC(=O)[C@H](C)NC3=O)CC2)cs1. The zero-order valence-electron chi connectivity index (χ0n) is 18.9. The zero-order chi connectivity index (χ0) is 22.4. The zero-order valence-corrected chi connectivity index (χ0v) is 19.7. The topological polar surface area (TPSA) is 87.7 Å². The molecule has 0 saturated carbocycles. The van der Waals surface area contributed by atoms with Gasteiger partial charge < -0.3 is 20.3 Å². The first-order valence-electron chi connectivity index (χ1n) is 11.4. The normalized spacial score (nSPS) is 25.7. The predicted octanol–water partition coefficient (Wildman–Crippen LogP) is 2.74. The second kappa shape index (κ2) is 10.6. The van der Waals surface area contributed by atoms with Crippen LogP contribution >= 0.6 is 11.3 Å². The first-order chi connectivity index (χ1) is 14.8. The van der Waals surface area contributed by atoms with Crippen LogP contribution in [0.15, 0.2) is 11.4 Å². The lowest BCUT2D eigenvalue weighted by Gasteiger charge is -2.41. The highest BCUT2D eigenvalue weighted by Gasteiger charge is 2.42. The van der Waals surface area contributed by atoms with Crippen LogP contribution in [0.5, 0.6) is 0 Å². The number of nitrogens with zero attached hydrogens (tertiary/aromatic N) is 1. The molecular weight excluding hydrogens is 414 g/mol. The molecule has 8 heteroatoms. The average Bonchev–Trinajstić information content (AvgIpc) is 3.24. The molecule has 0 aromatic carbocycles. The minimum Gasteiger partial charge on any atom is -0.379 e. The van der Waals surface area contributed by atoms with Crippen LogP contribution in [0.4, 0.5) is 0 Å². The van der Waals surface area contributed by atoms with E-state index in [9.17, 15) is 14.4 Å². The monoisotopic (exact) mass is 449 g/mol. The maximum absolute atomic E-state index is 13.3. The van der Waals surface area contributed by atoms with Gasteiger partial charge in [-0.15, -0.1) is 11.3 Å². The largest absolute Gasteiger partial charge is 0.379 e. The van der Waals surface area contributed by atoms with Crippen molar-refractivity contribution >= 4 is 29.1 Å². The third-order valence-electron chi connectivity index (χ3n) is 6.43. The summed E-state index contributed by atoms with van der Waals surface area (Å²) in [4.78, 5) is 41.7. The van der Waals surface area contributed by atoms with E-state index < -0.39 is 11.5 Å². The van der Waals surface area contributed by atoms with Crippen molar-refractivity contribution < 1.29 is 19.1 Å². The van der Waals surface area contributed by atoms with Gasteiger partial charge in [0.1, 0.15) is 6.04 Å². The number of carbonyl (C=O) groups excluding carboxylic acids is 3. The molecule has 3 amide bonds. The standard InChI is InChI=1S/C23H35N3O4S/c1-4-19-13-18(15-31-19)21(28)26-10-8-23(9-11-26)7-5-6-12-30-14-16(2)24-20(27)17(3)25-22(23)29/h13,15-17H,4-12,14H2,1-3H3,(H,24,27)(H,25,29)/t16-,17-/m0/s1. The molecule has 1 aromatic rings. The van der Waals surface area contributed by atoms with E-state index in [-0.39, 0.29) is 23.8 Å². The number of aryl methyl sites for hydroxylation is 1. The number of hydrogen-bond donors (Lipinski definition) is 2. The Kier molecular flexibility index (Phi) is 8.11. The molecule has 31 heavy (non-hydrogen) atoms. The lowest BCUT2D eigenvalue weighted by atomic mass is 9.73. The van der Waals surface area contributed by atoms with Gasteiger partial charge in [0.25, 0.3) is 5.91 Å². The Morgan fingerprint density at radius 1 is 1.19 bits per heavy atom. The van der Waals surface area contributed by atoms with E-state index >= 15 is 0 Å². The van der Waals surface area contributed by atoms with E-state index in [1.54, 1.807) is 18.3 Å². The first-order valence-corrected chi connectivity index (χ1v) is 12.3. The summed E-state index contributed by atoms with van der Waals surface area (Å²) in [5.41, 5.74) is 0.197. The first kappa shape index (κ1) is 23.7. The third-order valence-corrected chi connectivity index (χ3v) is 7.51. The van der Waals surface area contributed by atoms with Crippen LogP contribution in [0.3, 0.4) is 0 Å². The number of amides is 3. The number of carbonyl (C=O) groups is 3. The molecule has 3 rings (SSSR count). The summed E-state index contributed by atoms with van der Waals surface area (Å²) in [5.74, 6) is -0.222. The van der Waals surface area contributed by atoms with E-state index in [4.69, 9.17) is 4.74 Å². The van der Waals surface area contributed by atoms with E-state index in [0.717, 1.165) is 31.2 Å². The fourth-order valence-corrected chi connectivity index (χ4v) is 5.15. The van der Waals surface area contributed by atoms with E-state index in [0.29, 0.717) is 39.1 Å². The van der Waals surface area contributed by atoms with Gasteiger partial charge in [0.15, 0.2) is 0 Å². The number of ether oxygens (including phenoxy) is 1.